The van der Waals surface area contributed by atoms with Gasteiger partial charge in [0.25, 0.3) is 0 Å². The van der Waals surface area contributed by atoms with E-state index in [4.69, 9.17) is 5.73 Å². The van der Waals surface area contributed by atoms with Gasteiger partial charge in [0.15, 0.2) is 0 Å². The van der Waals surface area contributed by atoms with E-state index >= 15 is 0 Å². The number of nitrogens with two attached hydrogens (primary N) is 1. The summed E-state index contributed by atoms with van der Waals surface area (Å²) in [5.41, 5.74) is 8.39. The number of rotatable bonds is 5. The Morgan fingerprint density at radius 2 is 2.05 bits per heavy atom. The fraction of sp³-hybridized carbons (Fsp3) is 0.286. The van der Waals surface area contributed by atoms with Gasteiger partial charge in [0.2, 0.25) is 5.91 Å². The zero-order valence-electron chi connectivity index (χ0n) is 11.0. The lowest BCUT2D eigenvalue weighted by Crippen LogP contribution is -2.27. The summed E-state index contributed by atoms with van der Waals surface area (Å²) in [4.78, 5) is 11.7. The van der Waals surface area contributed by atoms with Crippen LogP contribution in [0.25, 0.3) is 0 Å². The first kappa shape index (κ1) is 13.1. The number of hydrogen-bond acceptors (Lipinski definition) is 3. The summed E-state index contributed by atoms with van der Waals surface area (Å²) in [7, 11) is 1.88. The molecule has 0 saturated carbocycles. The number of carbonyl (C=O) groups excluding carboxylic acids is 1. The van der Waals surface area contributed by atoms with E-state index in [2.05, 4.69) is 10.4 Å². The van der Waals surface area contributed by atoms with Crippen LogP contribution in [0.15, 0.2) is 36.7 Å². The first-order chi connectivity index (χ1) is 9.13. The Labute approximate surface area is 112 Å². The SMILES string of the molecule is Cn1cc(CCNC(=O)Cc2ccc(N)cc2)cn1. The summed E-state index contributed by atoms with van der Waals surface area (Å²) in [6.07, 6.45) is 4.94. The van der Waals surface area contributed by atoms with Crippen molar-refractivity contribution in [2.24, 2.45) is 7.05 Å². The molecular formula is C14H18N4O. The van der Waals surface area contributed by atoms with E-state index in [0.717, 1.165) is 17.5 Å². The van der Waals surface area contributed by atoms with E-state index in [1.807, 2.05) is 31.6 Å². The number of aromatic nitrogens is 2. The molecule has 1 aromatic heterocycles. The minimum absolute atomic E-state index is 0.0219. The summed E-state index contributed by atoms with van der Waals surface area (Å²) in [6, 6.07) is 7.35. The summed E-state index contributed by atoms with van der Waals surface area (Å²) in [5, 5.41) is 6.98. The van der Waals surface area contributed by atoms with Crippen molar-refractivity contribution >= 4 is 11.6 Å². The van der Waals surface area contributed by atoms with Gasteiger partial charge < -0.3 is 11.1 Å². The zero-order chi connectivity index (χ0) is 13.7. The highest BCUT2D eigenvalue weighted by atomic mass is 16.1. The van der Waals surface area contributed by atoms with Gasteiger partial charge in [-0.2, -0.15) is 5.10 Å². The Balaban J connectivity index is 1.74. The van der Waals surface area contributed by atoms with Crippen LogP contribution in [0, 0.1) is 0 Å². The van der Waals surface area contributed by atoms with Crippen LogP contribution in [0.1, 0.15) is 11.1 Å². The fourth-order valence-electron chi connectivity index (χ4n) is 1.83. The zero-order valence-corrected chi connectivity index (χ0v) is 11.0. The average Bonchev–Trinajstić information content (AvgIpc) is 2.78. The van der Waals surface area contributed by atoms with Crippen molar-refractivity contribution in [3.63, 3.8) is 0 Å². The van der Waals surface area contributed by atoms with Gasteiger partial charge in [0, 0.05) is 25.5 Å². The number of aryl methyl sites for hydroxylation is 1. The van der Waals surface area contributed by atoms with Gasteiger partial charge in [0.1, 0.15) is 0 Å². The molecule has 0 radical (unpaired) electrons. The molecule has 2 aromatic rings. The van der Waals surface area contributed by atoms with Gasteiger partial charge >= 0.3 is 0 Å². The van der Waals surface area contributed by atoms with E-state index in [1.54, 1.807) is 16.8 Å². The normalized spacial score (nSPS) is 10.4. The van der Waals surface area contributed by atoms with Gasteiger partial charge in [0.05, 0.1) is 12.6 Å². The highest BCUT2D eigenvalue weighted by Crippen LogP contribution is 2.05. The third-order valence-electron chi connectivity index (χ3n) is 2.84. The molecule has 100 valence electrons. The molecule has 3 N–H and O–H groups in total. The number of carbonyl (C=O) groups is 1. The molecule has 5 nitrogen and oxygen atoms in total. The average molecular weight is 258 g/mol. The van der Waals surface area contributed by atoms with E-state index in [1.165, 1.54) is 0 Å². The molecule has 0 bridgehead atoms. The van der Waals surface area contributed by atoms with Crippen LogP contribution in [-0.2, 0) is 24.7 Å². The molecule has 0 saturated heterocycles. The molecule has 0 atom stereocenters. The smallest absolute Gasteiger partial charge is 0.224 e. The second-order valence-electron chi connectivity index (χ2n) is 4.54. The fourth-order valence-corrected chi connectivity index (χ4v) is 1.83. The maximum absolute atomic E-state index is 11.7. The van der Waals surface area contributed by atoms with Crippen LogP contribution < -0.4 is 11.1 Å². The number of nitrogens with one attached hydrogen (secondary N) is 1. The topological polar surface area (TPSA) is 72.9 Å². The van der Waals surface area contributed by atoms with Crippen molar-refractivity contribution in [3.05, 3.63) is 47.8 Å². The van der Waals surface area contributed by atoms with Gasteiger partial charge in [-0.05, 0) is 29.7 Å². The first-order valence-corrected chi connectivity index (χ1v) is 6.22. The number of nitrogens with zero attached hydrogens (tertiary/aromatic N) is 2. The number of amides is 1. The molecule has 0 aliphatic carbocycles. The van der Waals surface area contributed by atoms with Crippen LogP contribution in [0.4, 0.5) is 5.69 Å². The molecule has 0 unspecified atom stereocenters. The Morgan fingerprint density at radius 1 is 1.32 bits per heavy atom. The van der Waals surface area contributed by atoms with E-state index in [-0.39, 0.29) is 5.91 Å². The minimum Gasteiger partial charge on any atom is -0.399 e. The standard InChI is InChI=1S/C14H18N4O/c1-18-10-12(9-17-18)6-7-16-14(19)8-11-2-4-13(15)5-3-11/h2-5,9-10H,6-8,15H2,1H3,(H,16,19). The van der Waals surface area contributed by atoms with Crippen LogP contribution >= 0.6 is 0 Å². The van der Waals surface area contributed by atoms with Crippen molar-refractivity contribution in [2.45, 2.75) is 12.8 Å². The number of anilines is 1. The van der Waals surface area contributed by atoms with Gasteiger partial charge in [-0.25, -0.2) is 0 Å². The lowest BCUT2D eigenvalue weighted by molar-refractivity contribution is -0.120. The molecule has 1 aromatic carbocycles. The van der Waals surface area contributed by atoms with Gasteiger partial charge in [-0.3, -0.25) is 9.48 Å². The van der Waals surface area contributed by atoms with Crippen molar-refractivity contribution in [3.8, 4) is 0 Å². The Hall–Kier alpha value is -2.30. The third-order valence-corrected chi connectivity index (χ3v) is 2.84. The molecular weight excluding hydrogens is 240 g/mol. The van der Waals surface area contributed by atoms with Crippen molar-refractivity contribution in [1.82, 2.24) is 15.1 Å². The van der Waals surface area contributed by atoms with Crippen LogP contribution in [-0.4, -0.2) is 22.2 Å². The quantitative estimate of drug-likeness (QED) is 0.783. The number of nitrogen functional groups attached to an aromatic ring is 1. The molecule has 1 amide bonds. The van der Waals surface area contributed by atoms with E-state index in [9.17, 15) is 4.79 Å². The lowest BCUT2D eigenvalue weighted by Gasteiger charge is -2.04. The second kappa shape index (κ2) is 6.04. The summed E-state index contributed by atoms with van der Waals surface area (Å²) in [6.45, 7) is 0.625. The summed E-state index contributed by atoms with van der Waals surface area (Å²) < 4.78 is 1.76. The highest BCUT2D eigenvalue weighted by Gasteiger charge is 2.03. The molecule has 5 heteroatoms. The molecule has 0 aliphatic heterocycles. The van der Waals surface area contributed by atoms with Crippen LogP contribution in [0.5, 0.6) is 0 Å². The summed E-state index contributed by atoms with van der Waals surface area (Å²) >= 11 is 0. The second-order valence-corrected chi connectivity index (χ2v) is 4.54. The number of hydrogen-bond donors (Lipinski definition) is 2. The Morgan fingerprint density at radius 3 is 2.68 bits per heavy atom. The molecule has 2 rings (SSSR count). The van der Waals surface area contributed by atoms with Crippen molar-refractivity contribution < 1.29 is 4.79 Å². The molecule has 1 heterocycles. The van der Waals surface area contributed by atoms with Gasteiger partial charge in [-0.1, -0.05) is 12.1 Å². The predicted octanol–water partition coefficient (Wildman–Crippen LogP) is 0.904. The van der Waals surface area contributed by atoms with Crippen LogP contribution in [0.2, 0.25) is 0 Å². The van der Waals surface area contributed by atoms with Crippen molar-refractivity contribution in [1.29, 1.82) is 0 Å². The number of benzene rings is 1. The highest BCUT2D eigenvalue weighted by molar-refractivity contribution is 5.78. The molecule has 19 heavy (non-hydrogen) atoms. The maximum atomic E-state index is 11.7. The van der Waals surface area contributed by atoms with Gasteiger partial charge in [-0.15, -0.1) is 0 Å². The third kappa shape index (κ3) is 4.13. The predicted molar refractivity (Wildman–Crippen MR) is 74.5 cm³/mol. The monoisotopic (exact) mass is 258 g/mol. The van der Waals surface area contributed by atoms with Crippen LogP contribution in [0.3, 0.4) is 0 Å². The van der Waals surface area contributed by atoms with Crippen molar-refractivity contribution in [2.75, 3.05) is 12.3 Å². The van der Waals surface area contributed by atoms with E-state index < -0.39 is 0 Å². The Kier molecular flexibility index (Phi) is 4.18. The molecule has 0 aliphatic rings. The molecule has 0 spiro atoms. The lowest BCUT2D eigenvalue weighted by atomic mass is 10.1. The summed E-state index contributed by atoms with van der Waals surface area (Å²) in [5.74, 6) is 0.0219. The minimum atomic E-state index is 0.0219. The largest absolute Gasteiger partial charge is 0.399 e. The van der Waals surface area contributed by atoms with E-state index in [0.29, 0.717) is 18.7 Å². The molecule has 0 fully saturated rings. The first-order valence-electron chi connectivity index (χ1n) is 6.22. The Bertz CT molecular complexity index is 545. The maximum Gasteiger partial charge on any atom is 0.224 e.